The van der Waals surface area contributed by atoms with Gasteiger partial charge in [0.15, 0.2) is 5.17 Å². The maximum atomic E-state index is 12.6. The lowest BCUT2D eigenvalue weighted by Crippen LogP contribution is -2.45. The van der Waals surface area contributed by atoms with Gasteiger partial charge in [-0.3, -0.25) is 9.69 Å². The van der Waals surface area contributed by atoms with Gasteiger partial charge >= 0.3 is 5.97 Å². The summed E-state index contributed by atoms with van der Waals surface area (Å²) in [5, 5.41) is 0.668. The lowest BCUT2D eigenvalue weighted by Gasteiger charge is -2.38. The Morgan fingerprint density at radius 3 is 2.71 bits per heavy atom. The van der Waals surface area contributed by atoms with E-state index in [1.54, 1.807) is 23.6 Å². The molecule has 0 aromatic heterocycles. The number of carbonyl (C=O) groups excluding carboxylic acids is 2. The molecule has 6 heteroatoms. The molecular formula is C18H20N2O3S. The quantitative estimate of drug-likeness (QED) is 0.791. The highest BCUT2D eigenvalue weighted by Gasteiger charge is 2.41. The van der Waals surface area contributed by atoms with E-state index >= 15 is 0 Å². The second kappa shape index (κ2) is 6.81. The van der Waals surface area contributed by atoms with Crippen LogP contribution in [0, 0.1) is 0 Å². The molecule has 3 rings (SSSR count). The number of esters is 1. The van der Waals surface area contributed by atoms with Gasteiger partial charge in [0.25, 0.3) is 0 Å². The van der Waals surface area contributed by atoms with Crippen LogP contribution in [0.2, 0.25) is 0 Å². The molecule has 2 heterocycles. The van der Waals surface area contributed by atoms with Crippen LogP contribution in [0.1, 0.15) is 37.4 Å². The second-order valence-electron chi connectivity index (χ2n) is 5.74. The Balaban J connectivity index is 2.13. The van der Waals surface area contributed by atoms with Crippen molar-refractivity contribution in [3.8, 4) is 0 Å². The minimum absolute atomic E-state index is 0.00836. The lowest BCUT2D eigenvalue weighted by molar-refractivity contribution is -0.137. The molecule has 1 amide bonds. The molecule has 0 aliphatic carbocycles. The highest BCUT2D eigenvalue weighted by atomic mass is 32.2. The molecule has 0 unspecified atom stereocenters. The third kappa shape index (κ3) is 2.86. The van der Waals surface area contributed by atoms with Crippen LogP contribution in [0.4, 0.5) is 0 Å². The average molecular weight is 344 g/mol. The molecule has 0 saturated carbocycles. The maximum Gasteiger partial charge on any atom is 0.338 e. The van der Waals surface area contributed by atoms with Crippen LogP contribution in [-0.2, 0) is 20.7 Å². The van der Waals surface area contributed by atoms with E-state index in [2.05, 4.69) is 11.9 Å². The summed E-state index contributed by atoms with van der Waals surface area (Å²) in [5.41, 5.74) is 3.15. The van der Waals surface area contributed by atoms with Crippen LogP contribution < -0.4 is 0 Å². The molecule has 1 aromatic rings. The lowest BCUT2D eigenvalue weighted by atomic mass is 9.93. The van der Waals surface area contributed by atoms with Crippen LogP contribution in [0.5, 0.6) is 0 Å². The third-order valence-corrected chi connectivity index (χ3v) is 5.27. The first-order valence-electron chi connectivity index (χ1n) is 7.98. The Labute approximate surface area is 145 Å². The van der Waals surface area contributed by atoms with Crippen molar-refractivity contribution in [3.63, 3.8) is 0 Å². The number of ether oxygens (including phenoxy) is 1. The fourth-order valence-corrected chi connectivity index (χ4v) is 4.03. The van der Waals surface area contributed by atoms with Gasteiger partial charge in [-0.2, -0.15) is 0 Å². The van der Waals surface area contributed by atoms with Gasteiger partial charge in [-0.1, -0.05) is 43.0 Å². The molecule has 126 valence electrons. The van der Waals surface area contributed by atoms with Crippen molar-refractivity contribution in [2.24, 2.45) is 4.99 Å². The number of allylic oxidation sites excluding steroid dienone is 1. The van der Waals surface area contributed by atoms with E-state index in [0.29, 0.717) is 22.9 Å². The molecule has 2 aliphatic rings. The van der Waals surface area contributed by atoms with E-state index in [-0.39, 0.29) is 5.91 Å². The maximum absolute atomic E-state index is 12.6. The molecule has 0 spiro atoms. The standard InChI is InChI=1S/C18H20N2O3S/c1-4-12-5-7-13(8-6-12)16-15(17(22)23-3)11(2)19-18-20(16)14(21)9-10-24-18/h5-8,16H,4,9-10H2,1-3H3/t16-/m0/s1. The minimum atomic E-state index is -0.476. The Morgan fingerprint density at radius 1 is 1.38 bits per heavy atom. The summed E-state index contributed by atoms with van der Waals surface area (Å²) in [5.74, 6) is 0.269. The molecular weight excluding hydrogens is 324 g/mol. The van der Waals surface area contributed by atoms with E-state index < -0.39 is 12.0 Å². The summed E-state index contributed by atoms with van der Waals surface area (Å²) < 4.78 is 4.96. The van der Waals surface area contributed by atoms with Crippen molar-refractivity contribution in [1.29, 1.82) is 0 Å². The largest absolute Gasteiger partial charge is 0.466 e. The minimum Gasteiger partial charge on any atom is -0.466 e. The molecule has 1 atom stereocenters. The molecule has 0 N–H and O–H groups in total. The second-order valence-corrected chi connectivity index (χ2v) is 6.81. The van der Waals surface area contributed by atoms with E-state index in [1.807, 2.05) is 24.3 Å². The first-order valence-corrected chi connectivity index (χ1v) is 8.96. The predicted molar refractivity (Wildman–Crippen MR) is 94.6 cm³/mol. The van der Waals surface area contributed by atoms with Gasteiger partial charge in [-0.15, -0.1) is 0 Å². The van der Waals surface area contributed by atoms with Crippen molar-refractivity contribution in [2.75, 3.05) is 12.9 Å². The van der Waals surface area contributed by atoms with E-state index in [1.165, 1.54) is 12.7 Å². The third-order valence-electron chi connectivity index (χ3n) is 4.32. The molecule has 2 aliphatic heterocycles. The highest BCUT2D eigenvalue weighted by Crippen LogP contribution is 2.40. The number of aliphatic imine (C=N–C) groups is 1. The van der Waals surface area contributed by atoms with Crippen molar-refractivity contribution in [2.45, 2.75) is 32.7 Å². The first-order chi connectivity index (χ1) is 11.6. The number of nitrogens with zero attached hydrogens (tertiary/aromatic N) is 2. The predicted octanol–water partition coefficient (Wildman–Crippen LogP) is 3.07. The number of amides is 1. The van der Waals surface area contributed by atoms with Crippen LogP contribution >= 0.6 is 11.8 Å². The molecule has 0 bridgehead atoms. The van der Waals surface area contributed by atoms with Crippen LogP contribution in [-0.4, -0.2) is 34.8 Å². The SMILES string of the molecule is CCc1ccc([C@H]2C(C(=O)OC)=C(C)N=C3SCCC(=O)N32)cc1. The summed E-state index contributed by atoms with van der Waals surface area (Å²) in [6, 6.07) is 7.56. The van der Waals surface area contributed by atoms with Crippen molar-refractivity contribution < 1.29 is 14.3 Å². The number of carbonyl (C=O) groups is 2. The number of amidine groups is 1. The zero-order valence-corrected chi connectivity index (χ0v) is 14.9. The Kier molecular flexibility index (Phi) is 4.76. The number of fused-ring (bicyclic) bond motifs is 1. The van der Waals surface area contributed by atoms with Gasteiger partial charge < -0.3 is 4.74 Å². The van der Waals surface area contributed by atoms with Crippen molar-refractivity contribution in [3.05, 3.63) is 46.7 Å². The van der Waals surface area contributed by atoms with Crippen LogP contribution in [0.3, 0.4) is 0 Å². The van der Waals surface area contributed by atoms with Crippen LogP contribution in [0.15, 0.2) is 40.5 Å². The summed E-state index contributed by atoms with van der Waals surface area (Å²) >= 11 is 1.55. The monoisotopic (exact) mass is 344 g/mol. The zero-order chi connectivity index (χ0) is 17.3. The number of hydrogen-bond donors (Lipinski definition) is 0. The van der Waals surface area contributed by atoms with Gasteiger partial charge in [-0.25, -0.2) is 9.79 Å². The zero-order valence-electron chi connectivity index (χ0n) is 14.0. The number of thioether (sulfide) groups is 1. The van der Waals surface area contributed by atoms with Gasteiger partial charge in [-0.05, 0) is 24.5 Å². The number of hydrogen-bond acceptors (Lipinski definition) is 5. The van der Waals surface area contributed by atoms with E-state index in [4.69, 9.17) is 4.74 Å². The Bertz CT molecular complexity index is 737. The molecule has 5 nitrogen and oxygen atoms in total. The van der Waals surface area contributed by atoms with Gasteiger partial charge in [0.2, 0.25) is 5.91 Å². The summed E-state index contributed by atoms with van der Waals surface area (Å²) in [6.45, 7) is 3.89. The smallest absolute Gasteiger partial charge is 0.338 e. The number of aryl methyl sites for hydroxylation is 1. The molecule has 24 heavy (non-hydrogen) atoms. The fourth-order valence-electron chi connectivity index (χ4n) is 3.02. The van der Waals surface area contributed by atoms with Crippen molar-refractivity contribution in [1.82, 2.24) is 4.90 Å². The summed E-state index contributed by atoms with van der Waals surface area (Å²) in [6.07, 6.45) is 1.38. The number of methoxy groups -OCH3 is 1. The normalized spacial score (nSPS) is 20.6. The Hall–Kier alpha value is -2.08. The van der Waals surface area contributed by atoms with Crippen molar-refractivity contribution >= 4 is 28.8 Å². The fraction of sp³-hybridized carbons (Fsp3) is 0.389. The topological polar surface area (TPSA) is 59.0 Å². The van der Waals surface area contributed by atoms with E-state index in [0.717, 1.165) is 17.7 Å². The average Bonchev–Trinajstić information content (AvgIpc) is 2.60. The first kappa shape index (κ1) is 16.8. The van der Waals surface area contributed by atoms with Crippen LogP contribution in [0.25, 0.3) is 0 Å². The number of benzene rings is 1. The molecule has 1 aromatic carbocycles. The summed E-state index contributed by atoms with van der Waals surface area (Å²) in [4.78, 5) is 31.1. The van der Waals surface area contributed by atoms with Gasteiger partial charge in [0.1, 0.15) is 0 Å². The Morgan fingerprint density at radius 2 is 2.08 bits per heavy atom. The van der Waals surface area contributed by atoms with Gasteiger partial charge in [0.05, 0.1) is 24.4 Å². The van der Waals surface area contributed by atoms with Gasteiger partial charge in [0, 0.05) is 12.2 Å². The van der Waals surface area contributed by atoms with E-state index in [9.17, 15) is 9.59 Å². The molecule has 1 fully saturated rings. The number of rotatable bonds is 3. The summed E-state index contributed by atoms with van der Waals surface area (Å²) in [7, 11) is 1.35. The molecule has 1 saturated heterocycles. The highest BCUT2D eigenvalue weighted by molar-refractivity contribution is 8.14. The molecule has 0 radical (unpaired) electrons.